The van der Waals surface area contributed by atoms with Gasteiger partial charge in [0.05, 0.1) is 19.1 Å². The molecule has 0 aromatic carbocycles. The average Bonchev–Trinajstić information content (AvgIpc) is 2.81. The minimum atomic E-state index is -0.956. The van der Waals surface area contributed by atoms with E-state index in [2.05, 4.69) is 5.32 Å². The van der Waals surface area contributed by atoms with Crippen LogP contribution in [0.2, 0.25) is 0 Å². The van der Waals surface area contributed by atoms with E-state index in [1.54, 1.807) is 20.8 Å². The molecule has 25 heavy (non-hydrogen) atoms. The van der Waals surface area contributed by atoms with E-state index >= 15 is 0 Å². The first-order chi connectivity index (χ1) is 11.6. The summed E-state index contributed by atoms with van der Waals surface area (Å²) in [6, 6.07) is -0.774. The summed E-state index contributed by atoms with van der Waals surface area (Å²) in [7, 11) is 1.29. The maximum absolute atomic E-state index is 12.2. The monoisotopic (exact) mass is 358 g/mol. The molecule has 0 aliphatic heterocycles. The van der Waals surface area contributed by atoms with Crippen molar-refractivity contribution in [3.63, 3.8) is 0 Å². The van der Waals surface area contributed by atoms with Gasteiger partial charge >= 0.3 is 12.1 Å². The molecule has 7 heteroatoms. The Labute approximate surface area is 150 Å². The molecule has 0 saturated heterocycles. The third-order valence-corrected chi connectivity index (χ3v) is 5.02. The van der Waals surface area contributed by atoms with Crippen molar-refractivity contribution in [2.75, 3.05) is 7.11 Å². The van der Waals surface area contributed by atoms with E-state index in [1.807, 2.05) is 13.8 Å². The standard InChI is InChI=1S/C18H34N2O5/c1-7-10(8-2)14(19)13-12(20-17(23)25-18(3,4)5)9-11(15(13)21)16(22)24-6/h10-15,21H,7-9,19H2,1-6H3,(H,20,23)/t11-,12+,13+,14?,15+/m0/s1. The number of carbonyl (C=O) groups is 2. The Morgan fingerprint density at radius 3 is 2.28 bits per heavy atom. The van der Waals surface area contributed by atoms with Crippen LogP contribution in [-0.2, 0) is 14.3 Å². The quantitative estimate of drug-likeness (QED) is 0.625. The van der Waals surface area contributed by atoms with Crippen LogP contribution in [0, 0.1) is 17.8 Å². The summed E-state index contributed by atoms with van der Waals surface area (Å²) in [5.41, 5.74) is 5.80. The predicted octanol–water partition coefficient (Wildman–Crippen LogP) is 1.81. The van der Waals surface area contributed by atoms with Gasteiger partial charge in [-0.05, 0) is 33.1 Å². The highest BCUT2D eigenvalue weighted by Gasteiger charge is 2.50. The van der Waals surface area contributed by atoms with E-state index in [9.17, 15) is 14.7 Å². The number of amides is 1. The fourth-order valence-corrected chi connectivity index (χ4v) is 3.72. The lowest BCUT2D eigenvalue weighted by atomic mass is 9.81. The number of esters is 1. The van der Waals surface area contributed by atoms with Gasteiger partial charge in [0.2, 0.25) is 0 Å². The van der Waals surface area contributed by atoms with E-state index in [-0.39, 0.29) is 18.4 Å². The van der Waals surface area contributed by atoms with E-state index in [4.69, 9.17) is 15.2 Å². The average molecular weight is 358 g/mol. The van der Waals surface area contributed by atoms with Gasteiger partial charge in [0.15, 0.2) is 0 Å². The second kappa shape index (κ2) is 8.85. The number of rotatable bonds is 6. The molecule has 1 aliphatic carbocycles. The highest BCUT2D eigenvalue weighted by molar-refractivity contribution is 5.74. The van der Waals surface area contributed by atoms with Crippen molar-refractivity contribution in [1.29, 1.82) is 0 Å². The van der Waals surface area contributed by atoms with Crippen LogP contribution in [-0.4, -0.2) is 48.1 Å². The van der Waals surface area contributed by atoms with Crippen LogP contribution in [0.15, 0.2) is 0 Å². The van der Waals surface area contributed by atoms with Gasteiger partial charge in [-0.3, -0.25) is 4.79 Å². The number of carbonyl (C=O) groups excluding carboxylic acids is 2. The zero-order chi connectivity index (χ0) is 19.4. The Kier molecular flexibility index (Phi) is 7.68. The number of nitrogens with two attached hydrogens (primary N) is 1. The number of aliphatic hydroxyl groups is 1. The first-order valence-corrected chi connectivity index (χ1v) is 9.06. The van der Waals surface area contributed by atoms with Crippen molar-refractivity contribution in [2.24, 2.45) is 23.5 Å². The molecule has 0 spiro atoms. The highest BCUT2D eigenvalue weighted by atomic mass is 16.6. The van der Waals surface area contributed by atoms with Crippen molar-refractivity contribution in [2.45, 2.75) is 77.7 Å². The lowest BCUT2D eigenvalue weighted by Crippen LogP contribution is -2.51. The highest BCUT2D eigenvalue weighted by Crippen LogP contribution is 2.37. The van der Waals surface area contributed by atoms with Crippen LogP contribution < -0.4 is 11.1 Å². The predicted molar refractivity (Wildman–Crippen MR) is 94.8 cm³/mol. The molecule has 5 atom stereocenters. The summed E-state index contributed by atoms with van der Waals surface area (Å²) >= 11 is 0. The van der Waals surface area contributed by atoms with Gasteiger partial charge in [0.25, 0.3) is 0 Å². The first-order valence-electron chi connectivity index (χ1n) is 9.06. The minimum Gasteiger partial charge on any atom is -0.469 e. The summed E-state index contributed by atoms with van der Waals surface area (Å²) in [4.78, 5) is 24.2. The summed E-state index contributed by atoms with van der Waals surface area (Å²) in [5, 5.41) is 13.5. The van der Waals surface area contributed by atoms with Gasteiger partial charge in [0, 0.05) is 18.0 Å². The lowest BCUT2D eigenvalue weighted by molar-refractivity contribution is -0.149. The number of hydrogen-bond acceptors (Lipinski definition) is 6. The molecular weight excluding hydrogens is 324 g/mol. The fraction of sp³-hybridized carbons (Fsp3) is 0.889. The molecule has 146 valence electrons. The number of hydrogen-bond donors (Lipinski definition) is 3. The maximum Gasteiger partial charge on any atom is 0.407 e. The van der Waals surface area contributed by atoms with Crippen molar-refractivity contribution in [3.05, 3.63) is 0 Å². The van der Waals surface area contributed by atoms with Gasteiger partial charge in [0.1, 0.15) is 5.60 Å². The van der Waals surface area contributed by atoms with Gasteiger partial charge < -0.3 is 25.6 Å². The molecule has 1 aliphatic rings. The van der Waals surface area contributed by atoms with E-state index < -0.39 is 41.6 Å². The third kappa shape index (κ3) is 5.57. The fourth-order valence-electron chi connectivity index (χ4n) is 3.72. The Morgan fingerprint density at radius 1 is 1.28 bits per heavy atom. The number of methoxy groups -OCH3 is 1. The topological polar surface area (TPSA) is 111 Å². The van der Waals surface area contributed by atoms with Crippen molar-refractivity contribution in [1.82, 2.24) is 5.32 Å². The molecule has 1 fully saturated rings. The van der Waals surface area contributed by atoms with Gasteiger partial charge in [-0.2, -0.15) is 0 Å². The summed E-state index contributed by atoms with van der Waals surface area (Å²) in [6.45, 7) is 9.43. The van der Waals surface area contributed by atoms with E-state index in [0.717, 1.165) is 12.8 Å². The van der Waals surface area contributed by atoms with Crippen LogP contribution in [0.25, 0.3) is 0 Å². The maximum atomic E-state index is 12.2. The molecule has 0 radical (unpaired) electrons. The second-order valence-electron chi connectivity index (χ2n) is 7.84. The van der Waals surface area contributed by atoms with Crippen LogP contribution >= 0.6 is 0 Å². The van der Waals surface area contributed by atoms with Gasteiger partial charge in [-0.15, -0.1) is 0 Å². The van der Waals surface area contributed by atoms with Crippen LogP contribution in [0.4, 0.5) is 4.79 Å². The molecule has 7 nitrogen and oxygen atoms in total. The molecule has 1 unspecified atom stereocenters. The molecule has 1 amide bonds. The SMILES string of the molecule is CCC(CC)C(N)[C@@H]1[C@H](O)[C@@H](C(=O)OC)C[C@H]1NC(=O)OC(C)(C)C. The van der Waals surface area contributed by atoms with Gasteiger partial charge in [-0.25, -0.2) is 4.79 Å². The zero-order valence-electron chi connectivity index (χ0n) is 16.2. The van der Waals surface area contributed by atoms with E-state index in [0.29, 0.717) is 0 Å². The number of aliphatic hydroxyl groups excluding tert-OH is 1. The largest absolute Gasteiger partial charge is 0.469 e. The lowest BCUT2D eigenvalue weighted by Gasteiger charge is -2.33. The zero-order valence-corrected chi connectivity index (χ0v) is 16.2. The normalized spacial score (nSPS) is 27.9. The summed E-state index contributed by atoms with van der Waals surface area (Å²) in [6.07, 6.45) is 0.484. The van der Waals surface area contributed by atoms with E-state index in [1.165, 1.54) is 7.11 Å². The minimum absolute atomic E-state index is 0.194. The van der Waals surface area contributed by atoms with Crippen molar-refractivity contribution >= 4 is 12.1 Å². The second-order valence-corrected chi connectivity index (χ2v) is 7.84. The van der Waals surface area contributed by atoms with Gasteiger partial charge in [-0.1, -0.05) is 26.7 Å². The molecule has 1 saturated carbocycles. The van der Waals surface area contributed by atoms with Crippen molar-refractivity contribution in [3.8, 4) is 0 Å². The molecule has 0 aromatic heterocycles. The molecule has 4 N–H and O–H groups in total. The van der Waals surface area contributed by atoms with Crippen molar-refractivity contribution < 1.29 is 24.2 Å². The molecule has 0 aromatic rings. The number of nitrogens with one attached hydrogen (secondary N) is 1. The summed E-state index contributed by atoms with van der Waals surface area (Å²) in [5.74, 6) is -1.42. The van der Waals surface area contributed by atoms with Crippen LogP contribution in [0.5, 0.6) is 0 Å². The Bertz CT molecular complexity index is 459. The Balaban J connectivity index is 3.00. The molecule has 0 heterocycles. The van der Waals surface area contributed by atoms with Crippen LogP contribution in [0.3, 0.4) is 0 Å². The van der Waals surface area contributed by atoms with Crippen LogP contribution in [0.1, 0.15) is 53.9 Å². The first kappa shape index (κ1) is 21.7. The Hall–Kier alpha value is -1.34. The summed E-state index contributed by atoms with van der Waals surface area (Å²) < 4.78 is 10.1. The third-order valence-electron chi connectivity index (χ3n) is 5.02. The smallest absolute Gasteiger partial charge is 0.407 e. The molecule has 1 rings (SSSR count). The number of alkyl carbamates (subject to hydrolysis) is 1. The number of ether oxygens (including phenoxy) is 2. The molecule has 0 bridgehead atoms. The molecular formula is C18H34N2O5. The Morgan fingerprint density at radius 2 is 1.84 bits per heavy atom.